The van der Waals surface area contributed by atoms with Gasteiger partial charge in [-0.15, -0.1) is 0 Å². The number of sulfonamides is 1. The number of hydrogen-bond acceptors (Lipinski definition) is 4. The van der Waals surface area contributed by atoms with Crippen LogP contribution in [0.5, 0.6) is 0 Å². The van der Waals surface area contributed by atoms with Gasteiger partial charge in [0, 0.05) is 13.1 Å². The third-order valence-corrected chi connectivity index (χ3v) is 3.93. The molecule has 0 aromatic heterocycles. The Balaban J connectivity index is 2.36. The Morgan fingerprint density at radius 1 is 1.56 bits per heavy atom. The molecule has 1 saturated heterocycles. The molecule has 6 nitrogen and oxygen atoms in total. The zero-order valence-electron chi connectivity index (χ0n) is 9.35. The fourth-order valence-corrected chi connectivity index (χ4v) is 2.82. The van der Waals surface area contributed by atoms with E-state index < -0.39 is 16.0 Å². The van der Waals surface area contributed by atoms with Crippen molar-refractivity contribution in [2.45, 2.75) is 12.8 Å². The van der Waals surface area contributed by atoms with Crippen molar-refractivity contribution in [3.8, 4) is 0 Å². The molecule has 1 atom stereocenters. The molecule has 1 fully saturated rings. The van der Waals surface area contributed by atoms with E-state index in [1.807, 2.05) is 0 Å². The molecule has 0 aromatic rings. The van der Waals surface area contributed by atoms with Crippen LogP contribution in [0.4, 0.5) is 0 Å². The summed E-state index contributed by atoms with van der Waals surface area (Å²) in [6.45, 7) is 1.55. The number of rotatable bonds is 5. The third kappa shape index (κ3) is 4.46. The van der Waals surface area contributed by atoms with Crippen LogP contribution in [-0.2, 0) is 14.8 Å². The maximum Gasteiger partial charge on any atom is 0.317 e. The predicted molar refractivity (Wildman–Crippen MR) is 59.6 cm³/mol. The minimum atomic E-state index is -3.11. The van der Waals surface area contributed by atoms with Crippen molar-refractivity contribution < 1.29 is 18.3 Å². The Bertz CT molecular complexity index is 341. The van der Waals surface area contributed by atoms with E-state index in [0.717, 1.165) is 12.8 Å². The quantitative estimate of drug-likeness (QED) is 0.676. The Hall–Kier alpha value is -0.660. The van der Waals surface area contributed by atoms with Crippen molar-refractivity contribution in [3.63, 3.8) is 0 Å². The molecule has 0 aromatic carbocycles. The van der Waals surface area contributed by atoms with Gasteiger partial charge >= 0.3 is 5.97 Å². The van der Waals surface area contributed by atoms with Crippen LogP contribution >= 0.6 is 0 Å². The molecule has 0 aliphatic carbocycles. The molecule has 94 valence electrons. The maximum absolute atomic E-state index is 11.3. The van der Waals surface area contributed by atoms with Crippen molar-refractivity contribution in [2.75, 3.05) is 32.4 Å². The van der Waals surface area contributed by atoms with E-state index in [0.29, 0.717) is 19.6 Å². The van der Waals surface area contributed by atoms with Crippen molar-refractivity contribution >= 4 is 16.0 Å². The molecular formula is C9H18N2O4S. The monoisotopic (exact) mass is 250 g/mol. The zero-order valence-corrected chi connectivity index (χ0v) is 10.2. The molecule has 1 heterocycles. The van der Waals surface area contributed by atoms with Crippen LogP contribution in [0.1, 0.15) is 12.8 Å². The fourth-order valence-electron chi connectivity index (χ4n) is 1.88. The van der Waals surface area contributed by atoms with Crippen LogP contribution in [0.2, 0.25) is 0 Å². The standard InChI is InChI=1S/C9H18N2O4S/c1-16(14,15)11-4-2-3-8(7-11)5-10-6-9(12)13/h8,10H,2-7H2,1H3,(H,12,13). The second kappa shape index (κ2) is 5.60. The first kappa shape index (κ1) is 13.4. The lowest BCUT2D eigenvalue weighted by atomic mass is 10.00. The number of nitrogens with one attached hydrogen (secondary N) is 1. The predicted octanol–water partition coefficient (Wildman–Crippen LogP) is -0.668. The molecule has 0 spiro atoms. The topological polar surface area (TPSA) is 86.7 Å². The molecule has 16 heavy (non-hydrogen) atoms. The first-order valence-electron chi connectivity index (χ1n) is 5.27. The lowest BCUT2D eigenvalue weighted by Gasteiger charge is -2.30. The highest BCUT2D eigenvalue weighted by atomic mass is 32.2. The van der Waals surface area contributed by atoms with Gasteiger partial charge in [-0.05, 0) is 25.3 Å². The lowest BCUT2D eigenvalue weighted by Crippen LogP contribution is -2.42. The SMILES string of the molecule is CS(=O)(=O)N1CCCC(CNCC(=O)O)C1. The van der Waals surface area contributed by atoms with Gasteiger partial charge in [-0.3, -0.25) is 4.79 Å². The van der Waals surface area contributed by atoms with Gasteiger partial charge in [0.2, 0.25) is 10.0 Å². The van der Waals surface area contributed by atoms with E-state index in [4.69, 9.17) is 5.11 Å². The first-order valence-corrected chi connectivity index (χ1v) is 7.12. The number of carboxylic acid groups (broad SMARTS) is 1. The molecule has 0 bridgehead atoms. The summed E-state index contributed by atoms with van der Waals surface area (Å²) in [4.78, 5) is 10.3. The smallest absolute Gasteiger partial charge is 0.317 e. The second-order valence-electron chi connectivity index (χ2n) is 4.15. The summed E-state index contributed by atoms with van der Waals surface area (Å²) in [7, 11) is -3.11. The van der Waals surface area contributed by atoms with Crippen LogP contribution in [-0.4, -0.2) is 56.2 Å². The summed E-state index contributed by atoms with van der Waals surface area (Å²) in [6.07, 6.45) is 2.99. The fraction of sp³-hybridized carbons (Fsp3) is 0.889. The lowest BCUT2D eigenvalue weighted by molar-refractivity contribution is -0.136. The molecule has 0 saturated carbocycles. The van der Waals surface area contributed by atoms with Crippen LogP contribution in [0.15, 0.2) is 0 Å². The average Bonchev–Trinajstić information content (AvgIpc) is 2.16. The zero-order chi connectivity index (χ0) is 12.2. The van der Waals surface area contributed by atoms with Crippen LogP contribution in [0.25, 0.3) is 0 Å². The highest BCUT2D eigenvalue weighted by molar-refractivity contribution is 7.88. The Morgan fingerprint density at radius 3 is 2.81 bits per heavy atom. The number of carbonyl (C=O) groups is 1. The van der Waals surface area contributed by atoms with Gasteiger partial charge in [0.1, 0.15) is 0 Å². The molecule has 2 N–H and O–H groups in total. The molecule has 0 amide bonds. The number of aliphatic carboxylic acids is 1. The van der Waals surface area contributed by atoms with E-state index >= 15 is 0 Å². The van der Waals surface area contributed by atoms with Gasteiger partial charge in [0.15, 0.2) is 0 Å². The number of piperidine rings is 1. The van der Waals surface area contributed by atoms with E-state index in [-0.39, 0.29) is 12.5 Å². The van der Waals surface area contributed by atoms with E-state index in [9.17, 15) is 13.2 Å². The van der Waals surface area contributed by atoms with Crippen molar-refractivity contribution in [3.05, 3.63) is 0 Å². The summed E-state index contributed by atoms with van der Waals surface area (Å²) >= 11 is 0. The van der Waals surface area contributed by atoms with E-state index in [2.05, 4.69) is 5.32 Å². The molecule has 0 radical (unpaired) electrons. The first-order chi connectivity index (χ1) is 7.39. The molecule has 7 heteroatoms. The number of carboxylic acids is 1. The van der Waals surface area contributed by atoms with E-state index in [1.54, 1.807) is 0 Å². The van der Waals surface area contributed by atoms with Crippen molar-refractivity contribution in [1.82, 2.24) is 9.62 Å². The van der Waals surface area contributed by atoms with Crippen LogP contribution in [0, 0.1) is 5.92 Å². The molecule has 1 rings (SSSR count). The van der Waals surface area contributed by atoms with Crippen molar-refractivity contribution in [1.29, 1.82) is 0 Å². The molecule has 1 aliphatic rings. The van der Waals surface area contributed by atoms with Gasteiger partial charge < -0.3 is 10.4 Å². The third-order valence-electron chi connectivity index (χ3n) is 2.66. The maximum atomic E-state index is 11.3. The van der Waals surface area contributed by atoms with Gasteiger partial charge in [0.05, 0.1) is 12.8 Å². The Labute approximate surface area is 95.7 Å². The molecule has 1 unspecified atom stereocenters. The van der Waals surface area contributed by atoms with Crippen LogP contribution < -0.4 is 5.32 Å². The Kier molecular flexibility index (Phi) is 4.69. The van der Waals surface area contributed by atoms with Gasteiger partial charge in [-0.2, -0.15) is 0 Å². The van der Waals surface area contributed by atoms with Gasteiger partial charge in [-0.1, -0.05) is 0 Å². The summed E-state index contributed by atoms with van der Waals surface area (Å²) in [5.41, 5.74) is 0. The summed E-state index contributed by atoms with van der Waals surface area (Å²) in [5.74, 6) is -0.682. The number of hydrogen-bond donors (Lipinski definition) is 2. The highest BCUT2D eigenvalue weighted by Gasteiger charge is 2.25. The second-order valence-corrected chi connectivity index (χ2v) is 6.14. The van der Waals surface area contributed by atoms with Gasteiger partial charge in [-0.25, -0.2) is 12.7 Å². The van der Waals surface area contributed by atoms with Crippen LogP contribution in [0.3, 0.4) is 0 Å². The largest absolute Gasteiger partial charge is 0.480 e. The highest BCUT2D eigenvalue weighted by Crippen LogP contribution is 2.17. The molecule has 1 aliphatic heterocycles. The summed E-state index contributed by atoms with van der Waals surface area (Å²) in [6, 6.07) is 0. The summed E-state index contributed by atoms with van der Waals surface area (Å²) in [5, 5.41) is 11.3. The van der Waals surface area contributed by atoms with Crippen molar-refractivity contribution in [2.24, 2.45) is 5.92 Å². The summed E-state index contributed by atoms with van der Waals surface area (Å²) < 4.78 is 24.1. The van der Waals surface area contributed by atoms with Gasteiger partial charge in [0.25, 0.3) is 0 Å². The molecular weight excluding hydrogens is 232 g/mol. The number of nitrogens with zero attached hydrogens (tertiary/aromatic N) is 1. The normalized spacial score (nSPS) is 23.2. The minimum absolute atomic E-state index is 0.0740. The van der Waals surface area contributed by atoms with E-state index in [1.165, 1.54) is 10.6 Å². The average molecular weight is 250 g/mol. The Morgan fingerprint density at radius 2 is 2.25 bits per heavy atom. The minimum Gasteiger partial charge on any atom is -0.480 e.